The van der Waals surface area contributed by atoms with Gasteiger partial charge in [0.05, 0.1) is 0 Å². The first-order valence-electron chi connectivity index (χ1n) is 10.2. The number of hydrogen-bond acceptors (Lipinski definition) is 4. The number of likely N-dealkylation sites (tertiary alicyclic amines) is 1. The van der Waals surface area contributed by atoms with Crippen molar-refractivity contribution in [3.63, 3.8) is 0 Å². The third-order valence-electron chi connectivity index (χ3n) is 5.82. The molecule has 2 aliphatic heterocycles. The normalized spacial score (nSPS) is 21.6. The number of nitrogens with zero attached hydrogens (tertiary/aromatic N) is 1. The van der Waals surface area contributed by atoms with Crippen LogP contribution in [0.25, 0.3) is 0 Å². The fourth-order valence-corrected chi connectivity index (χ4v) is 4.26. The van der Waals surface area contributed by atoms with Crippen LogP contribution < -0.4 is 10.6 Å². The van der Waals surface area contributed by atoms with Crippen LogP contribution in [0.3, 0.4) is 0 Å². The molecule has 0 unspecified atom stereocenters. The molecule has 2 amide bonds. The van der Waals surface area contributed by atoms with Crippen molar-refractivity contribution in [2.75, 3.05) is 26.2 Å². The second kappa shape index (κ2) is 12.8. The maximum Gasteiger partial charge on any atom is 0.503 e. The minimum atomic E-state index is -1.83. The monoisotopic (exact) mass is 419 g/mol. The SMILES string of the molecule is Cl.O=C(NC1CCCCC1)C1CCN(C(=O)C2CCNCC2)CC1.O=C(O)O. The minimum absolute atomic E-state index is 0. The first-order chi connectivity index (χ1) is 13.0. The van der Waals surface area contributed by atoms with Crippen LogP contribution in [0.4, 0.5) is 4.79 Å². The molecule has 9 heteroatoms. The number of piperidine rings is 2. The van der Waals surface area contributed by atoms with Crippen molar-refractivity contribution in [1.82, 2.24) is 15.5 Å². The van der Waals surface area contributed by atoms with E-state index in [4.69, 9.17) is 15.0 Å². The Morgan fingerprint density at radius 2 is 1.36 bits per heavy atom. The molecule has 3 rings (SSSR count). The molecule has 2 heterocycles. The van der Waals surface area contributed by atoms with Gasteiger partial charge in [-0.05, 0) is 51.6 Å². The lowest BCUT2D eigenvalue weighted by molar-refractivity contribution is -0.140. The number of amides is 2. The molecule has 0 spiro atoms. The van der Waals surface area contributed by atoms with Crippen molar-refractivity contribution in [3.05, 3.63) is 0 Å². The van der Waals surface area contributed by atoms with Crippen LogP contribution >= 0.6 is 12.4 Å². The lowest BCUT2D eigenvalue weighted by atomic mass is 9.91. The van der Waals surface area contributed by atoms with Crippen LogP contribution in [0.15, 0.2) is 0 Å². The molecule has 2 saturated heterocycles. The smallest absolute Gasteiger partial charge is 0.450 e. The number of carboxylic acid groups (broad SMARTS) is 2. The first-order valence-corrected chi connectivity index (χ1v) is 10.2. The van der Waals surface area contributed by atoms with Gasteiger partial charge < -0.3 is 25.7 Å². The van der Waals surface area contributed by atoms with Crippen LogP contribution in [-0.4, -0.2) is 65.3 Å². The summed E-state index contributed by atoms with van der Waals surface area (Å²) < 4.78 is 0. The van der Waals surface area contributed by atoms with Crippen LogP contribution in [0.5, 0.6) is 0 Å². The molecule has 8 nitrogen and oxygen atoms in total. The van der Waals surface area contributed by atoms with Gasteiger partial charge >= 0.3 is 6.16 Å². The second-order valence-electron chi connectivity index (χ2n) is 7.75. The van der Waals surface area contributed by atoms with Gasteiger partial charge in [-0.2, -0.15) is 0 Å². The molecule has 0 radical (unpaired) electrons. The van der Waals surface area contributed by atoms with E-state index in [9.17, 15) is 9.59 Å². The summed E-state index contributed by atoms with van der Waals surface area (Å²) in [5.74, 6) is 0.848. The van der Waals surface area contributed by atoms with E-state index in [0.717, 1.165) is 64.7 Å². The van der Waals surface area contributed by atoms with Crippen molar-refractivity contribution in [2.24, 2.45) is 11.8 Å². The molecule has 0 aromatic rings. The Balaban J connectivity index is 0.000000717. The summed E-state index contributed by atoms with van der Waals surface area (Å²) in [7, 11) is 0. The van der Waals surface area contributed by atoms with Gasteiger partial charge in [0.2, 0.25) is 11.8 Å². The summed E-state index contributed by atoms with van der Waals surface area (Å²) in [5.41, 5.74) is 0. The zero-order chi connectivity index (χ0) is 19.6. The van der Waals surface area contributed by atoms with Gasteiger partial charge in [0.25, 0.3) is 0 Å². The molecular formula is C19H34ClN3O5. The van der Waals surface area contributed by atoms with Crippen molar-refractivity contribution in [3.8, 4) is 0 Å². The lowest BCUT2D eigenvalue weighted by Gasteiger charge is -2.35. The highest BCUT2D eigenvalue weighted by atomic mass is 35.5. The summed E-state index contributed by atoms with van der Waals surface area (Å²) in [6.07, 6.45) is 7.82. The van der Waals surface area contributed by atoms with E-state index in [-0.39, 0.29) is 30.2 Å². The topological polar surface area (TPSA) is 119 Å². The van der Waals surface area contributed by atoms with E-state index in [2.05, 4.69) is 10.6 Å². The third-order valence-corrected chi connectivity index (χ3v) is 5.82. The highest BCUT2D eigenvalue weighted by Gasteiger charge is 2.32. The third kappa shape index (κ3) is 8.22. The Morgan fingerprint density at radius 1 is 0.821 bits per heavy atom. The molecule has 0 aromatic heterocycles. The Labute approximate surface area is 172 Å². The van der Waals surface area contributed by atoms with Crippen molar-refractivity contribution < 1.29 is 24.6 Å². The van der Waals surface area contributed by atoms with E-state index in [1.54, 1.807) is 0 Å². The molecule has 4 N–H and O–H groups in total. The average molecular weight is 420 g/mol. The van der Waals surface area contributed by atoms with Crippen molar-refractivity contribution in [1.29, 1.82) is 0 Å². The summed E-state index contributed by atoms with van der Waals surface area (Å²) >= 11 is 0. The quantitative estimate of drug-likeness (QED) is 0.557. The summed E-state index contributed by atoms with van der Waals surface area (Å²) in [6.45, 7) is 3.42. The predicted molar refractivity (Wildman–Crippen MR) is 108 cm³/mol. The number of carbonyl (C=O) groups is 3. The van der Waals surface area contributed by atoms with Gasteiger partial charge in [0.15, 0.2) is 0 Å². The molecule has 3 fully saturated rings. The van der Waals surface area contributed by atoms with Crippen LogP contribution in [0, 0.1) is 11.8 Å². The van der Waals surface area contributed by atoms with Crippen molar-refractivity contribution in [2.45, 2.75) is 63.8 Å². The number of rotatable bonds is 3. The molecule has 3 aliphatic rings. The van der Waals surface area contributed by atoms with Crippen LogP contribution in [-0.2, 0) is 9.59 Å². The maximum atomic E-state index is 12.5. The minimum Gasteiger partial charge on any atom is -0.450 e. The van der Waals surface area contributed by atoms with Gasteiger partial charge in [0.1, 0.15) is 0 Å². The van der Waals surface area contributed by atoms with Gasteiger partial charge in [-0.1, -0.05) is 19.3 Å². The molecule has 0 aromatic carbocycles. The number of halogens is 1. The van der Waals surface area contributed by atoms with Gasteiger partial charge in [0, 0.05) is 31.0 Å². The Morgan fingerprint density at radius 3 is 1.89 bits per heavy atom. The van der Waals surface area contributed by atoms with E-state index in [1.165, 1.54) is 19.3 Å². The molecular weight excluding hydrogens is 386 g/mol. The second-order valence-corrected chi connectivity index (χ2v) is 7.75. The molecule has 162 valence electrons. The van der Waals surface area contributed by atoms with E-state index >= 15 is 0 Å². The fraction of sp³-hybridized carbons (Fsp3) is 0.842. The summed E-state index contributed by atoms with van der Waals surface area (Å²) in [6, 6.07) is 0.394. The zero-order valence-corrected chi connectivity index (χ0v) is 17.2. The number of hydrogen-bond donors (Lipinski definition) is 4. The van der Waals surface area contributed by atoms with E-state index in [1.807, 2.05) is 4.90 Å². The Hall–Kier alpha value is -1.54. The van der Waals surface area contributed by atoms with Crippen LogP contribution in [0.2, 0.25) is 0 Å². The maximum absolute atomic E-state index is 12.5. The highest BCUT2D eigenvalue weighted by molar-refractivity contribution is 5.85. The highest BCUT2D eigenvalue weighted by Crippen LogP contribution is 2.23. The van der Waals surface area contributed by atoms with E-state index in [0.29, 0.717) is 11.9 Å². The fourth-order valence-electron chi connectivity index (χ4n) is 4.26. The molecule has 0 atom stereocenters. The summed E-state index contributed by atoms with van der Waals surface area (Å²) in [4.78, 5) is 35.5. The largest absolute Gasteiger partial charge is 0.503 e. The first kappa shape index (κ1) is 24.5. The van der Waals surface area contributed by atoms with Crippen molar-refractivity contribution >= 4 is 30.4 Å². The zero-order valence-electron chi connectivity index (χ0n) is 16.4. The average Bonchev–Trinajstić information content (AvgIpc) is 2.68. The molecule has 28 heavy (non-hydrogen) atoms. The summed E-state index contributed by atoms with van der Waals surface area (Å²) in [5, 5.41) is 20.5. The van der Waals surface area contributed by atoms with Gasteiger partial charge in [-0.3, -0.25) is 9.59 Å². The Kier molecular flexibility index (Phi) is 11.2. The van der Waals surface area contributed by atoms with Gasteiger partial charge in [-0.25, -0.2) is 4.79 Å². The standard InChI is InChI=1S/C18H31N3O2.CH2O3.ClH/c22-17(20-16-4-2-1-3-5-16)14-8-12-21(13-9-14)18(23)15-6-10-19-11-7-15;2-1(3)4;/h14-16,19H,1-13H2,(H,20,22);(H2,2,3,4);1H. The predicted octanol–water partition coefficient (Wildman–Crippen LogP) is 2.32. The molecule has 1 saturated carbocycles. The lowest BCUT2D eigenvalue weighted by Crippen LogP contribution is -2.48. The number of carbonyl (C=O) groups excluding carboxylic acids is 2. The Bertz CT molecular complexity index is 496. The van der Waals surface area contributed by atoms with Crippen LogP contribution in [0.1, 0.15) is 57.8 Å². The van der Waals surface area contributed by atoms with E-state index < -0.39 is 6.16 Å². The van der Waals surface area contributed by atoms with Gasteiger partial charge in [-0.15, -0.1) is 12.4 Å². The number of nitrogens with one attached hydrogen (secondary N) is 2. The molecule has 1 aliphatic carbocycles. The molecule has 0 bridgehead atoms.